The highest BCUT2D eigenvalue weighted by Crippen LogP contribution is 2.19. The van der Waals surface area contributed by atoms with Gasteiger partial charge in [-0.15, -0.1) is 0 Å². The van der Waals surface area contributed by atoms with Gasteiger partial charge in [-0.05, 0) is 38.0 Å². The average molecular weight is 403 g/mol. The number of fused-ring (bicyclic) bond motifs is 1. The molecule has 6 nitrogen and oxygen atoms in total. The van der Waals surface area contributed by atoms with Crippen molar-refractivity contribution in [1.82, 2.24) is 4.98 Å². The number of aromatic nitrogens is 1. The van der Waals surface area contributed by atoms with E-state index in [0.29, 0.717) is 28.7 Å². The molecule has 0 aliphatic carbocycles. The summed E-state index contributed by atoms with van der Waals surface area (Å²) in [5.41, 5.74) is 2.38. The van der Waals surface area contributed by atoms with Crippen LogP contribution in [-0.2, 0) is 11.3 Å². The molecule has 0 spiro atoms. The Labute approximate surface area is 173 Å². The van der Waals surface area contributed by atoms with E-state index < -0.39 is 5.97 Å². The number of nitrogens with zero attached hydrogens (tertiary/aromatic N) is 1. The molecule has 0 amide bonds. The molecule has 1 aromatic carbocycles. The zero-order valence-electron chi connectivity index (χ0n) is 18.6. The standard InChI is InChI=1S/C23H35N3O3/c1-6-9-13-26(14-10-7-2)16-19-21(23(28)29-8-3)24-20-12-11-17(25(4)5)15-18(20)22(19)27/h11-12,15H,6-10,13-14,16H2,1-5H3,(H,24,27)/p+1. The van der Waals surface area contributed by atoms with Crippen molar-refractivity contribution in [2.24, 2.45) is 0 Å². The Morgan fingerprint density at radius 1 is 1.10 bits per heavy atom. The monoisotopic (exact) mass is 402 g/mol. The molecule has 0 aliphatic rings. The summed E-state index contributed by atoms with van der Waals surface area (Å²) in [6.07, 6.45) is 4.43. The highest BCUT2D eigenvalue weighted by atomic mass is 16.5. The first-order valence-electron chi connectivity index (χ1n) is 10.8. The molecule has 1 heterocycles. The molecule has 2 N–H and O–H groups in total. The maximum atomic E-state index is 13.5. The lowest BCUT2D eigenvalue weighted by Crippen LogP contribution is -3.10. The molecule has 0 saturated carbocycles. The van der Waals surface area contributed by atoms with Crippen molar-refractivity contribution < 1.29 is 14.4 Å². The van der Waals surface area contributed by atoms with Gasteiger partial charge < -0.3 is 19.5 Å². The second kappa shape index (κ2) is 11.0. The molecule has 0 unspecified atom stereocenters. The molecular weight excluding hydrogens is 366 g/mol. The van der Waals surface area contributed by atoms with Gasteiger partial charge in [0, 0.05) is 25.2 Å². The molecule has 2 aromatic rings. The molecule has 0 atom stereocenters. The Balaban J connectivity index is 2.57. The van der Waals surface area contributed by atoms with Gasteiger partial charge in [-0.2, -0.15) is 0 Å². The van der Waals surface area contributed by atoms with Gasteiger partial charge in [-0.25, -0.2) is 4.79 Å². The molecule has 2 rings (SSSR count). The fourth-order valence-electron chi connectivity index (χ4n) is 3.54. The summed E-state index contributed by atoms with van der Waals surface area (Å²) in [6.45, 7) is 8.92. The third-order valence-electron chi connectivity index (χ3n) is 5.27. The maximum absolute atomic E-state index is 13.5. The number of pyridine rings is 1. The predicted octanol–water partition coefficient (Wildman–Crippen LogP) is 2.76. The summed E-state index contributed by atoms with van der Waals surface area (Å²) in [4.78, 5) is 32.6. The normalized spacial score (nSPS) is 11.2. The number of benzene rings is 1. The summed E-state index contributed by atoms with van der Waals surface area (Å²) >= 11 is 0. The highest BCUT2D eigenvalue weighted by Gasteiger charge is 2.23. The third-order valence-corrected chi connectivity index (χ3v) is 5.27. The summed E-state index contributed by atoms with van der Waals surface area (Å²) in [5, 5.41) is 0.615. The minimum absolute atomic E-state index is 0.0731. The summed E-state index contributed by atoms with van der Waals surface area (Å²) in [7, 11) is 3.90. The van der Waals surface area contributed by atoms with Gasteiger partial charge in [0.15, 0.2) is 5.43 Å². The van der Waals surface area contributed by atoms with E-state index in [2.05, 4.69) is 18.8 Å². The fraction of sp³-hybridized carbons (Fsp3) is 0.565. The molecule has 0 fully saturated rings. The summed E-state index contributed by atoms with van der Waals surface area (Å²) in [5.74, 6) is -0.455. The number of hydrogen-bond donors (Lipinski definition) is 2. The highest BCUT2D eigenvalue weighted by molar-refractivity contribution is 5.93. The van der Waals surface area contributed by atoms with E-state index >= 15 is 0 Å². The second-order valence-electron chi connectivity index (χ2n) is 7.79. The number of hydrogen-bond acceptors (Lipinski definition) is 4. The number of ether oxygens (including phenoxy) is 1. The van der Waals surface area contributed by atoms with Gasteiger partial charge in [0.2, 0.25) is 0 Å². The molecule has 0 saturated heterocycles. The van der Waals surface area contributed by atoms with Crippen LogP contribution in [0.5, 0.6) is 0 Å². The van der Waals surface area contributed by atoms with Crippen molar-refractivity contribution in [2.45, 2.75) is 53.0 Å². The lowest BCUT2D eigenvalue weighted by molar-refractivity contribution is -0.914. The quantitative estimate of drug-likeness (QED) is 0.567. The Hall–Kier alpha value is -2.34. The van der Waals surface area contributed by atoms with Gasteiger partial charge in [-0.1, -0.05) is 26.7 Å². The van der Waals surface area contributed by atoms with Crippen LogP contribution in [0.25, 0.3) is 10.9 Å². The van der Waals surface area contributed by atoms with E-state index in [1.165, 1.54) is 4.90 Å². The third kappa shape index (κ3) is 5.82. The van der Waals surface area contributed by atoms with Gasteiger partial charge in [0.05, 0.1) is 30.8 Å². The van der Waals surface area contributed by atoms with Gasteiger partial charge in [-0.3, -0.25) is 4.79 Å². The van der Waals surface area contributed by atoms with Crippen molar-refractivity contribution in [3.63, 3.8) is 0 Å². The van der Waals surface area contributed by atoms with E-state index in [1.807, 2.05) is 37.2 Å². The Morgan fingerprint density at radius 2 is 1.76 bits per heavy atom. The number of quaternary nitrogens is 1. The molecular formula is C23H36N3O3+. The number of nitrogens with one attached hydrogen (secondary N) is 2. The van der Waals surface area contributed by atoms with E-state index in [-0.39, 0.29) is 12.0 Å². The Kier molecular flexibility index (Phi) is 8.70. The number of H-pyrrole nitrogens is 1. The van der Waals surface area contributed by atoms with Crippen LogP contribution in [0.4, 0.5) is 5.69 Å². The molecule has 0 radical (unpaired) electrons. The largest absolute Gasteiger partial charge is 0.461 e. The van der Waals surface area contributed by atoms with Gasteiger partial charge in [0.1, 0.15) is 12.2 Å². The number of aromatic amines is 1. The predicted molar refractivity (Wildman–Crippen MR) is 119 cm³/mol. The molecule has 6 heteroatoms. The second-order valence-corrected chi connectivity index (χ2v) is 7.79. The van der Waals surface area contributed by atoms with Crippen molar-refractivity contribution in [1.29, 1.82) is 0 Å². The van der Waals surface area contributed by atoms with Crippen molar-refractivity contribution >= 4 is 22.6 Å². The van der Waals surface area contributed by atoms with Crippen molar-refractivity contribution in [3.8, 4) is 0 Å². The number of esters is 1. The smallest absolute Gasteiger partial charge is 0.355 e. The van der Waals surface area contributed by atoms with E-state index in [1.54, 1.807) is 6.92 Å². The van der Waals surface area contributed by atoms with Crippen LogP contribution in [0.3, 0.4) is 0 Å². The average Bonchev–Trinajstić information content (AvgIpc) is 2.71. The van der Waals surface area contributed by atoms with Crippen LogP contribution in [0.1, 0.15) is 62.5 Å². The minimum atomic E-state index is -0.455. The number of rotatable bonds is 11. The van der Waals surface area contributed by atoms with Crippen LogP contribution in [0.2, 0.25) is 0 Å². The Bertz CT molecular complexity index is 866. The van der Waals surface area contributed by atoms with Crippen LogP contribution < -0.4 is 15.2 Å². The first kappa shape index (κ1) is 22.9. The topological polar surface area (TPSA) is 66.8 Å². The number of carbonyl (C=O) groups excluding carboxylic acids is 1. The molecule has 29 heavy (non-hydrogen) atoms. The van der Waals surface area contributed by atoms with E-state index in [0.717, 1.165) is 44.5 Å². The number of anilines is 1. The number of unbranched alkanes of at least 4 members (excludes halogenated alkanes) is 2. The molecule has 160 valence electrons. The maximum Gasteiger partial charge on any atom is 0.355 e. The van der Waals surface area contributed by atoms with Gasteiger partial charge in [0.25, 0.3) is 0 Å². The van der Waals surface area contributed by atoms with Gasteiger partial charge >= 0.3 is 5.97 Å². The molecule has 0 bridgehead atoms. The lowest BCUT2D eigenvalue weighted by Gasteiger charge is -2.21. The Morgan fingerprint density at radius 3 is 2.31 bits per heavy atom. The lowest BCUT2D eigenvalue weighted by atomic mass is 10.1. The zero-order chi connectivity index (χ0) is 21.4. The fourth-order valence-corrected chi connectivity index (χ4v) is 3.54. The minimum Gasteiger partial charge on any atom is -0.461 e. The first-order chi connectivity index (χ1) is 13.9. The van der Waals surface area contributed by atoms with E-state index in [4.69, 9.17) is 4.74 Å². The van der Waals surface area contributed by atoms with Crippen LogP contribution in [0, 0.1) is 0 Å². The van der Waals surface area contributed by atoms with Crippen LogP contribution >= 0.6 is 0 Å². The van der Waals surface area contributed by atoms with Crippen LogP contribution in [-0.4, -0.2) is 44.7 Å². The summed E-state index contributed by atoms with van der Waals surface area (Å²) < 4.78 is 5.25. The molecule has 1 aromatic heterocycles. The summed E-state index contributed by atoms with van der Waals surface area (Å²) in [6, 6.07) is 5.69. The van der Waals surface area contributed by atoms with E-state index in [9.17, 15) is 9.59 Å². The zero-order valence-corrected chi connectivity index (χ0v) is 18.6. The van der Waals surface area contributed by atoms with Crippen LogP contribution in [0.15, 0.2) is 23.0 Å². The van der Waals surface area contributed by atoms with Crippen molar-refractivity contribution in [3.05, 3.63) is 39.7 Å². The molecule has 0 aliphatic heterocycles. The first-order valence-corrected chi connectivity index (χ1v) is 10.8. The SMILES string of the molecule is CCCC[NH+](CCCC)Cc1c(C(=O)OCC)[nH]c2ccc(N(C)C)cc2c1=O. The van der Waals surface area contributed by atoms with Crippen molar-refractivity contribution in [2.75, 3.05) is 38.7 Å². The number of carbonyl (C=O) groups is 1.